The maximum atomic E-state index is 12.4. The van der Waals surface area contributed by atoms with Crippen molar-refractivity contribution in [2.45, 2.75) is 46.0 Å². The van der Waals surface area contributed by atoms with E-state index in [2.05, 4.69) is 20.9 Å². The van der Waals surface area contributed by atoms with Crippen LogP contribution in [-0.2, 0) is 10.0 Å². The Morgan fingerprint density at radius 1 is 0.962 bits per heavy atom. The minimum Gasteiger partial charge on any atom is -0.356 e. The van der Waals surface area contributed by atoms with E-state index in [9.17, 15) is 8.42 Å². The Kier molecular flexibility index (Phi) is 6.34. The normalized spacial score (nSPS) is 19.8. The minimum atomic E-state index is -3.13. The first-order valence-electron chi connectivity index (χ1n) is 9.83. The molecule has 0 bridgehead atoms. The molecule has 1 aromatic heterocycles. The van der Waals surface area contributed by atoms with E-state index in [1.54, 1.807) is 4.31 Å². The number of piperazine rings is 1. The zero-order valence-corrected chi connectivity index (χ0v) is 16.8. The molecule has 2 aliphatic heterocycles. The summed E-state index contributed by atoms with van der Waals surface area (Å²) in [6.07, 6.45) is 5.35. The molecule has 2 saturated heterocycles. The smallest absolute Gasteiger partial charge is 0.227 e. The van der Waals surface area contributed by atoms with E-state index in [0.29, 0.717) is 26.2 Å². The Bertz CT molecular complexity index is 696. The van der Waals surface area contributed by atoms with Gasteiger partial charge in [-0.15, -0.1) is 0 Å². The third-order valence-corrected chi connectivity index (χ3v) is 7.14. The van der Waals surface area contributed by atoms with Crippen LogP contribution in [0.3, 0.4) is 0 Å². The predicted molar refractivity (Wildman–Crippen MR) is 105 cm³/mol. The van der Waals surface area contributed by atoms with Crippen LogP contribution in [0.15, 0.2) is 6.07 Å². The molecule has 3 heterocycles. The fraction of sp³-hybridized carbons (Fsp3) is 0.778. The summed E-state index contributed by atoms with van der Waals surface area (Å²) in [5.41, 5.74) is 0.966. The van der Waals surface area contributed by atoms with Gasteiger partial charge in [-0.25, -0.2) is 13.4 Å². The Morgan fingerprint density at radius 3 is 2.31 bits per heavy atom. The standard InChI is InChI=1S/C18H31N5O2S/c1-3-4-14-26(24,25)23-12-10-22(11-13-23)18-19-16(2)15-17(20-18)21-8-6-5-7-9-21/h15H,3-14H2,1-2H3. The number of nitrogens with zero attached hydrogens (tertiary/aromatic N) is 5. The highest BCUT2D eigenvalue weighted by atomic mass is 32.2. The summed E-state index contributed by atoms with van der Waals surface area (Å²) >= 11 is 0. The number of unbranched alkanes of at least 4 members (excludes halogenated alkanes) is 1. The Hall–Kier alpha value is -1.41. The van der Waals surface area contributed by atoms with Gasteiger partial charge < -0.3 is 9.80 Å². The van der Waals surface area contributed by atoms with Crippen molar-refractivity contribution in [3.63, 3.8) is 0 Å². The van der Waals surface area contributed by atoms with Crippen LogP contribution >= 0.6 is 0 Å². The van der Waals surface area contributed by atoms with E-state index < -0.39 is 10.0 Å². The largest absolute Gasteiger partial charge is 0.356 e. The molecular formula is C18H31N5O2S. The van der Waals surface area contributed by atoms with Gasteiger partial charge in [0.15, 0.2) is 0 Å². The van der Waals surface area contributed by atoms with Crippen LogP contribution in [0.1, 0.15) is 44.7 Å². The van der Waals surface area contributed by atoms with Crippen LogP contribution in [0, 0.1) is 6.92 Å². The van der Waals surface area contributed by atoms with Crippen LogP contribution in [0.5, 0.6) is 0 Å². The highest BCUT2D eigenvalue weighted by Crippen LogP contribution is 2.22. The molecule has 0 spiro atoms. The number of rotatable bonds is 6. The molecule has 0 N–H and O–H groups in total. The van der Waals surface area contributed by atoms with Crippen molar-refractivity contribution in [3.8, 4) is 0 Å². The fourth-order valence-electron chi connectivity index (χ4n) is 3.59. The second kappa shape index (κ2) is 8.52. The zero-order chi connectivity index (χ0) is 18.6. The van der Waals surface area contributed by atoms with Crippen molar-refractivity contribution < 1.29 is 8.42 Å². The Labute approximate surface area is 157 Å². The number of anilines is 2. The topological polar surface area (TPSA) is 69.6 Å². The van der Waals surface area contributed by atoms with Crippen molar-refractivity contribution in [3.05, 3.63) is 11.8 Å². The second-order valence-corrected chi connectivity index (χ2v) is 9.36. The summed E-state index contributed by atoms with van der Waals surface area (Å²) in [5, 5.41) is 0. The van der Waals surface area contributed by atoms with E-state index in [-0.39, 0.29) is 5.75 Å². The number of sulfonamides is 1. The van der Waals surface area contributed by atoms with Gasteiger partial charge >= 0.3 is 0 Å². The van der Waals surface area contributed by atoms with Gasteiger partial charge in [0.1, 0.15) is 5.82 Å². The average molecular weight is 382 g/mol. The first-order chi connectivity index (χ1) is 12.5. The molecule has 0 atom stereocenters. The lowest BCUT2D eigenvalue weighted by atomic mass is 10.1. The van der Waals surface area contributed by atoms with E-state index in [4.69, 9.17) is 4.98 Å². The van der Waals surface area contributed by atoms with Crippen LogP contribution in [0.4, 0.5) is 11.8 Å². The molecule has 8 heteroatoms. The molecule has 0 aliphatic carbocycles. The van der Waals surface area contributed by atoms with Gasteiger partial charge in [-0.1, -0.05) is 13.3 Å². The first kappa shape index (κ1) is 19.4. The lowest BCUT2D eigenvalue weighted by Gasteiger charge is -2.35. The molecular weight excluding hydrogens is 350 g/mol. The van der Waals surface area contributed by atoms with Gasteiger partial charge in [0.25, 0.3) is 0 Å². The van der Waals surface area contributed by atoms with Crippen molar-refractivity contribution in [1.82, 2.24) is 14.3 Å². The molecule has 0 unspecified atom stereocenters. The Balaban J connectivity index is 1.66. The van der Waals surface area contributed by atoms with Crippen LogP contribution < -0.4 is 9.80 Å². The third kappa shape index (κ3) is 4.65. The summed E-state index contributed by atoms with van der Waals surface area (Å²) in [7, 11) is -3.13. The van der Waals surface area contributed by atoms with Crippen molar-refractivity contribution in [2.75, 3.05) is 54.8 Å². The van der Waals surface area contributed by atoms with Crippen LogP contribution in [0.2, 0.25) is 0 Å². The van der Waals surface area contributed by atoms with Crippen molar-refractivity contribution >= 4 is 21.8 Å². The SMILES string of the molecule is CCCCS(=O)(=O)N1CCN(c2nc(C)cc(N3CCCCC3)n2)CC1. The lowest BCUT2D eigenvalue weighted by molar-refractivity contribution is 0.382. The number of hydrogen-bond donors (Lipinski definition) is 0. The van der Waals surface area contributed by atoms with E-state index in [1.165, 1.54) is 19.3 Å². The molecule has 0 amide bonds. The predicted octanol–water partition coefficient (Wildman–Crippen LogP) is 2.03. The summed E-state index contributed by atoms with van der Waals surface area (Å²) in [6.45, 7) is 8.46. The molecule has 7 nitrogen and oxygen atoms in total. The van der Waals surface area contributed by atoms with Crippen LogP contribution in [-0.4, -0.2) is 67.7 Å². The van der Waals surface area contributed by atoms with E-state index >= 15 is 0 Å². The molecule has 1 aromatic rings. The van der Waals surface area contributed by atoms with Gasteiger partial charge in [-0.05, 0) is 32.6 Å². The van der Waals surface area contributed by atoms with Gasteiger partial charge in [-0.3, -0.25) is 0 Å². The summed E-state index contributed by atoms with van der Waals surface area (Å²) < 4.78 is 26.4. The highest BCUT2D eigenvalue weighted by molar-refractivity contribution is 7.89. The quantitative estimate of drug-likeness (QED) is 0.751. The van der Waals surface area contributed by atoms with Crippen LogP contribution in [0.25, 0.3) is 0 Å². The third-order valence-electron chi connectivity index (χ3n) is 5.18. The monoisotopic (exact) mass is 381 g/mol. The number of aryl methyl sites for hydroxylation is 1. The summed E-state index contributed by atoms with van der Waals surface area (Å²) in [5.74, 6) is 1.99. The zero-order valence-electron chi connectivity index (χ0n) is 16.0. The Morgan fingerprint density at radius 2 is 1.65 bits per heavy atom. The molecule has 3 rings (SSSR count). The van der Waals surface area contributed by atoms with E-state index in [1.807, 2.05) is 13.8 Å². The highest BCUT2D eigenvalue weighted by Gasteiger charge is 2.28. The summed E-state index contributed by atoms with van der Waals surface area (Å²) in [6, 6.07) is 2.06. The number of piperidine rings is 1. The summed E-state index contributed by atoms with van der Waals surface area (Å²) in [4.78, 5) is 13.9. The lowest BCUT2D eigenvalue weighted by Crippen LogP contribution is -2.49. The number of hydrogen-bond acceptors (Lipinski definition) is 6. The van der Waals surface area contributed by atoms with Crippen molar-refractivity contribution in [1.29, 1.82) is 0 Å². The molecule has 2 fully saturated rings. The van der Waals surface area contributed by atoms with Gasteiger partial charge in [0.2, 0.25) is 16.0 Å². The van der Waals surface area contributed by atoms with Gasteiger partial charge in [0.05, 0.1) is 5.75 Å². The molecule has 0 aromatic carbocycles. The minimum absolute atomic E-state index is 0.254. The molecule has 2 aliphatic rings. The van der Waals surface area contributed by atoms with E-state index in [0.717, 1.165) is 43.4 Å². The average Bonchev–Trinajstić information content (AvgIpc) is 2.67. The second-order valence-electron chi connectivity index (χ2n) is 7.27. The molecule has 0 radical (unpaired) electrons. The number of aromatic nitrogens is 2. The van der Waals surface area contributed by atoms with Crippen molar-refractivity contribution in [2.24, 2.45) is 0 Å². The van der Waals surface area contributed by atoms with Gasteiger partial charge in [0, 0.05) is 51.0 Å². The van der Waals surface area contributed by atoms with Gasteiger partial charge in [-0.2, -0.15) is 9.29 Å². The first-order valence-corrected chi connectivity index (χ1v) is 11.4. The molecule has 146 valence electrons. The fourth-order valence-corrected chi connectivity index (χ4v) is 5.22. The molecule has 26 heavy (non-hydrogen) atoms. The maximum Gasteiger partial charge on any atom is 0.227 e. The molecule has 0 saturated carbocycles. The maximum absolute atomic E-state index is 12.4.